The summed E-state index contributed by atoms with van der Waals surface area (Å²) >= 11 is 5.46. The Morgan fingerprint density at radius 3 is 2.47 bits per heavy atom. The van der Waals surface area contributed by atoms with Gasteiger partial charge in [0.15, 0.2) is 11.5 Å². The fourth-order valence-electron chi connectivity index (χ4n) is 1.63. The van der Waals surface area contributed by atoms with Gasteiger partial charge in [-0.2, -0.15) is 0 Å². The van der Waals surface area contributed by atoms with Crippen molar-refractivity contribution in [3.63, 3.8) is 0 Å². The van der Waals surface area contributed by atoms with Crippen LogP contribution in [0.2, 0.25) is 0 Å². The van der Waals surface area contributed by atoms with Crippen molar-refractivity contribution < 1.29 is 22.7 Å². The zero-order valence-corrected chi connectivity index (χ0v) is 11.9. The van der Waals surface area contributed by atoms with E-state index in [0.717, 1.165) is 4.31 Å². The van der Waals surface area contributed by atoms with Crippen molar-refractivity contribution >= 4 is 26.9 Å². The molecule has 0 fully saturated rings. The van der Waals surface area contributed by atoms with Crippen LogP contribution < -0.4 is 9.47 Å². The average molecular weight is 306 g/mol. The molecule has 0 aliphatic carbocycles. The molecule has 0 radical (unpaired) electrons. The van der Waals surface area contributed by atoms with Crippen LogP contribution in [0.5, 0.6) is 11.5 Å². The molecule has 0 aromatic heterocycles. The summed E-state index contributed by atoms with van der Waals surface area (Å²) in [6, 6.07) is 2.52. The van der Waals surface area contributed by atoms with E-state index < -0.39 is 15.3 Å². The maximum Gasteiger partial charge on any atom is 0.256 e. The number of hydrogen-bond acceptors (Lipinski definition) is 5. The fraction of sp³-hybridized carbons (Fsp3) is 0.364. The third kappa shape index (κ3) is 2.54. The number of fused-ring (bicyclic) bond motifs is 1. The maximum absolute atomic E-state index is 12.1. The molecule has 0 amide bonds. The lowest BCUT2D eigenvalue weighted by atomic mass is 10.2. The van der Waals surface area contributed by atoms with Gasteiger partial charge in [0.2, 0.25) is 10.0 Å². The van der Waals surface area contributed by atoms with Gasteiger partial charge in [0.25, 0.3) is 5.24 Å². The van der Waals surface area contributed by atoms with Crippen molar-refractivity contribution in [2.45, 2.75) is 4.90 Å². The number of nitrogens with zero attached hydrogens (tertiary/aromatic N) is 1. The first-order chi connectivity index (χ1) is 8.84. The lowest BCUT2D eigenvalue weighted by molar-refractivity contribution is 0.106. The molecule has 1 heterocycles. The molecule has 0 N–H and O–H groups in total. The molecule has 0 saturated carbocycles. The first-order valence-corrected chi connectivity index (χ1v) is 7.22. The Morgan fingerprint density at radius 2 is 1.89 bits per heavy atom. The standard InChI is InChI=1S/C11H12ClNO5S/c1-13(2)19(15,16)7-5-8(11(12)14)10-9(6-7)17-3-4-18-10/h5-6H,3-4H2,1-2H3. The quantitative estimate of drug-likeness (QED) is 0.782. The number of ether oxygens (including phenoxy) is 2. The van der Waals surface area contributed by atoms with E-state index in [2.05, 4.69) is 0 Å². The number of sulfonamides is 1. The average Bonchev–Trinajstić information content (AvgIpc) is 2.36. The lowest BCUT2D eigenvalue weighted by Gasteiger charge is -2.21. The topological polar surface area (TPSA) is 72.9 Å². The monoisotopic (exact) mass is 305 g/mol. The smallest absolute Gasteiger partial charge is 0.256 e. The molecule has 8 heteroatoms. The van der Waals surface area contributed by atoms with Gasteiger partial charge in [0.05, 0.1) is 10.5 Å². The van der Waals surface area contributed by atoms with Crippen LogP contribution in [0.4, 0.5) is 0 Å². The second kappa shape index (κ2) is 4.99. The van der Waals surface area contributed by atoms with E-state index >= 15 is 0 Å². The van der Waals surface area contributed by atoms with Crippen LogP contribution in [0, 0.1) is 0 Å². The van der Waals surface area contributed by atoms with Crippen molar-refractivity contribution in [1.29, 1.82) is 0 Å². The molecule has 1 aliphatic heterocycles. The van der Waals surface area contributed by atoms with Crippen LogP contribution in [-0.4, -0.2) is 45.3 Å². The number of carbonyl (C=O) groups excluding carboxylic acids is 1. The van der Waals surface area contributed by atoms with E-state index in [1.165, 1.54) is 26.2 Å². The van der Waals surface area contributed by atoms with Crippen LogP contribution in [-0.2, 0) is 10.0 Å². The normalized spacial score (nSPS) is 14.5. The van der Waals surface area contributed by atoms with Gasteiger partial charge in [-0.05, 0) is 17.7 Å². The van der Waals surface area contributed by atoms with Crippen LogP contribution in [0.15, 0.2) is 17.0 Å². The minimum atomic E-state index is -3.68. The Kier molecular flexibility index (Phi) is 3.71. The summed E-state index contributed by atoms with van der Waals surface area (Å²) in [6.45, 7) is 0.568. The first-order valence-electron chi connectivity index (χ1n) is 5.40. The van der Waals surface area contributed by atoms with Gasteiger partial charge in [-0.25, -0.2) is 12.7 Å². The Bertz CT molecular complexity index is 626. The number of halogens is 1. The third-order valence-electron chi connectivity index (χ3n) is 2.61. The van der Waals surface area contributed by atoms with Gasteiger partial charge in [-0.15, -0.1) is 0 Å². The van der Waals surface area contributed by atoms with E-state index in [4.69, 9.17) is 21.1 Å². The molecule has 0 bridgehead atoms. The van der Waals surface area contributed by atoms with Gasteiger partial charge in [0, 0.05) is 20.2 Å². The summed E-state index contributed by atoms with van der Waals surface area (Å²) in [5.74, 6) is 0.391. The first kappa shape index (κ1) is 14.1. The molecule has 6 nitrogen and oxygen atoms in total. The molecule has 0 saturated heterocycles. The lowest BCUT2D eigenvalue weighted by Crippen LogP contribution is -2.23. The van der Waals surface area contributed by atoms with Crippen molar-refractivity contribution in [1.82, 2.24) is 4.31 Å². The third-order valence-corrected chi connectivity index (χ3v) is 4.60. The van der Waals surface area contributed by atoms with Crippen LogP contribution in [0.1, 0.15) is 10.4 Å². The summed E-state index contributed by atoms with van der Waals surface area (Å²) in [4.78, 5) is 11.3. The molecule has 1 aromatic rings. The van der Waals surface area contributed by atoms with Gasteiger partial charge in [-0.3, -0.25) is 4.79 Å². The summed E-state index contributed by atoms with van der Waals surface area (Å²) < 4.78 is 35.8. The molecule has 1 aliphatic rings. The SMILES string of the molecule is CN(C)S(=O)(=O)c1cc2c(c(C(=O)Cl)c1)OCCO2. The zero-order chi connectivity index (χ0) is 14.2. The molecule has 19 heavy (non-hydrogen) atoms. The second-order valence-corrected chi connectivity index (χ2v) is 6.55. The number of carbonyl (C=O) groups is 1. The summed E-state index contributed by atoms with van der Waals surface area (Å²) in [6.07, 6.45) is 0. The Hall–Kier alpha value is -1.31. The molecule has 0 atom stereocenters. The highest BCUT2D eigenvalue weighted by molar-refractivity contribution is 7.89. The summed E-state index contributed by atoms with van der Waals surface area (Å²) in [7, 11) is -0.885. The Labute approximate surface area is 115 Å². The van der Waals surface area contributed by atoms with E-state index in [1.54, 1.807) is 0 Å². The highest BCUT2D eigenvalue weighted by Crippen LogP contribution is 2.37. The number of rotatable bonds is 3. The zero-order valence-electron chi connectivity index (χ0n) is 10.3. The van der Waals surface area contributed by atoms with Crippen molar-refractivity contribution in [2.75, 3.05) is 27.3 Å². The van der Waals surface area contributed by atoms with Crippen molar-refractivity contribution in [3.8, 4) is 11.5 Å². The van der Waals surface area contributed by atoms with Gasteiger partial charge in [0.1, 0.15) is 13.2 Å². The summed E-state index contributed by atoms with van der Waals surface area (Å²) in [5, 5.41) is -0.794. The molecular weight excluding hydrogens is 294 g/mol. The highest BCUT2D eigenvalue weighted by Gasteiger charge is 2.26. The molecule has 2 rings (SSSR count). The molecular formula is C11H12ClNO5S. The molecule has 0 unspecified atom stereocenters. The van der Waals surface area contributed by atoms with Crippen LogP contribution in [0.25, 0.3) is 0 Å². The van der Waals surface area contributed by atoms with Crippen molar-refractivity contribution in [2.24, 2.45) is 0 Å². The van der Waals surface area contributed by atoms with Crippen LogP contribution in [0.3, 0.4) is 0 Å². The second-order valence-electron chi connectivity index (χ2n) is 4.06. The maximum atomic E-state index is 12.1. The van der Waals surface area contributed by atoms with Crippen LogP contribution >= 0.6 is 11.6 Å². The Morgan fingerprint density at radius 1 is 1.26 bits per heavy atom. The predicted octanol–water partition coefficient (Wildman–Crippen LogP) is 1.09. The number of hydrogen-bond donors (Lipinski definition) is 0. The van der Waals surface area contributed by atoms with E-state index in [-0.39, 0.29) is 35.2 Å². The predicted molar refractivity (Wildman–Crippen MR) is 68.5 cm³/mol. The van der Waals surface area contributed by atoms with E-state index in [1.807, 2.05) is 0 Å². The van der Waals surface area contributed by atoms with Gasteiger partial charge in [-0.1, -0.05) is 0 Å². The number of benzene rings is 1. The minimum Gasteiger partial charge on any atom is -0.486 e. The minimum absolute atomic E-state index is 0.0145. The Balaban J connectivity index is 2.66. The fourth-order valence-corrected chi connectivity index (χ4v) is 2.72. The largest absolute Gasteiger partial charge is 0.486 e. The van der Waals surface area contributed by atoms with E-state index in [0.29, 0.717) is 0 Å². The summed E-state index contributed by atoms with van der Waals surface area (Å²) in [5.41, 5.74) is -0.0145. The molecule has 1 aromatic carbocycles. The molecule has 104 valence electrons. The molecule has 0 spiro atoms. The van der Waals surface area contributed by atoms with E-state index in [9.17, 15) is 13.2 Å². The van der Waals surface area contributed by atoms with Crippen molar-refractivity contribution in [3.05, 3.63) is 17.7 Å². The van der Waals surface area contributed by atoms with Gasteiger partial charge >= 0.3 is 0 Å². The highest BCUT2D eigenvalue weighted by atomic mass is 35.5. The van der Waals surface area contributed by atoms with Gasteiger partial charge < -0.3 is 9.47 Å².